The maximum Gasteiger partial charge on any atom is 0.274 e. The predicted octanol–water partition coefficient (Wildman–Crippen LogP) is 2.93. The van der Waals surface area contributed by atoms with Gasteiger partial charge in [-0.15, -0.1) is 0 Å². The molecule has 0 saturated carbocycles. The van der Waals surface area contributed by atoms with Crippen LogP contribution in [0.1, 0.15) is 53.0 Å². The Kier molecular flexibility index (Phi) is 5.34. The number of carbonyl (C=O) groups is 1. The first-order valence-corrected chi connectivity index (χ1v) is 9.91. The van der Waals surface area contributed by atoms with Crippen LogP contribution in [0.15, 0.2) is 30.3 Å². The topological polar surface area (TPSA) is 61.0 Å². The first-order chi connectivity index (χ1) is 12.8. The van der Waals surface area contributed by atoms with Crippen molar-refractivity contribution in [3.8, 4) is 0 Å². The van der Waals surface area contributed by atoms with Gasteiger partial charge in [0.05, 0.1) is 0 Å². The highest BCUT2D eigenvalue weighted by Gasteiger charge is 2.29. The normalized spacial score (nSPS) is 20.0. The highest BCUT2D eigenvalue weighted by molar-refractivity contribution is 5.94. The molecule has 1 aromatic carbocycles. The molecule has 0 radical (unpaired) electrons. The SMILES string of the molecule is O=C(c1n[nH]c2c1CNCC2)N1CCCC(CCCc2ccccc2)C1. The number of aromatic nitrogens is 2. The van der Waals surface area contributed by atoms with Gasteiger partial charge in [0.15, 0.2) is 5.69 Å². The number of rotatable bonds is 5. The van der Waals surface area contributed by atoms with Crippen LogP contribution in [0.3, 0.4) is 0 Å². The molecule has 1 atom stereocenters. The molecule has 4 rings (SSSR count). The third-order valence-electron chi connectivity index (χ3n) is 5.74. The molecule has 26 heavy (non-hydrogen) atoms. The molecule has 3 heterocycles. The zero-order valence-electron chi connectivity index (χ0n) is 15.3. The number of nitrogens with zero attached hydrogens (tertiary/aromatic N) is 2. The number of fused-ring (bicyclic) bond motifs is 1. The Bertz CT molecular complexity index is 740. The number of benzene rings is 1. The number of likely N-dealkylation sites (tertiary alicyclic amines) is 1. The van der Waals surface area contributed by atoms with Crippen LogP contribution in [0.5, 0.6) is 0 Å². The Morgan fingerprint density at radius 2 is 2.15 bits per heavy atom. The maximum absolute atomic E-state index is 13.0. The van der Waals surface area contributed by atoms with Gasteiger partial charge >= 0.3 is 0 Å². The molecular weight excluding hydrogens is 324 g/mol. The summed E-state index contributed by atoms with van der Waals surface area (Å²) >= 11 is 0. The quantitative estimate of drug-likeness (QED) is 0.870. The summed E-state index contributed by atoms with van der Waals surface area (Å²) in [6.07, 6.45) is 6.78. The molecule has 1 saturated heterocycles. The zero-order chi connectivity index (χ0) is 17.8. The number of aryl methyl sites for hydroxylation is 1. The predicted molar refractivity (Wildman–Crippen MR) is 102 cm³/mol. The number of hydrogen-bond donors (Lipinski definition) is 2. The molecular formula is C21H28N4O. The second-order valence-corrected chi connectivity index (χ2v) is 7.59. The van der Waals surface area contributed by atoms with Crippen molar-refractivity contribution >= 4 is 5.91 Å². The molecule has 1 fully saturated rings. The summed E-state index contributed by atoms with van der Waals surface area (Å²) in [5.41, 5.74) is 4.25. The van der Waals surface area contributed by atoms with Crippen LogP contribution in [-0.4, -0.2) is 40.6 Å². The van der Waals surface area contributed by atoms with E-state index in [1.165, 1.54) is 24.8 Å². The number of aromatic amines is 1. The fraction of sp³-hybridized carbons (Fsp3) is 0.524. The lowest BCUT2D eigenvalue weighted by atomic mass is 9.91. The number of piperidine rings is 1. The number of hydrogen-bond acceptors (Lipinski definition) is 3. The lowest BCUT2D eigenvalue weighted by Crippen LogP contribution is -2.40. The van der Waals surface area contributed by atoms with Crippen LogP contribution in [0.4, 0.5) is 0 Å². The van der Waals surface area contributed by atoms with E-state index >= 15 is 0 Å². The minimum Gasteiger partial charge on any atom is -0.337 e. The van der Waals surface area contributed by atoms with Crippen molar-refractivity contribution in [1.82, 2.24) is 20.4 Å². The summed E-state index contributed by atoms with van der Waals surface area (Å²) in [7, 11) is 0. The molecule has 2 aliphatic heterocycles. The molecule has 0 bridgehead atoms. The van der Waals surface area contributed by atoms with E-state index in [1.807, 2.05) is 4.90 Å². The fourth-order valence-electron chi connectivity index (χ4n) is 4.28. The van der Waals surface area contributed by atoms with Gasteiger partial charge in [-0.2, -0.15) is 5.10 Å². The van der Waals surface area contributed by atoms with Crippen molar-refractivity contribution in [2.75, 3.05) is 19.6 Å². The summed E-state index contributed by atoms with van der Waals surface area (Å²) in [6, 6.07) is 10.7. The summed E-state index contributed by atoms with van der Waals surface area (Å²) in [5.74, 6) is 0.725. The molecule has 5 heteroatoms. The van der Waals surface area contributed by atoms with Gasteiger partial charge < -0.3 is 10.2 Å². The van der Waals surface area contributed by atoms with Gasteiger partial charge in [0.2, 0.25) is 0 Å². The first kappa shape index (κ1) is 17.3. The van der Waals surface area contributed by atoms with Gasteiger partial charge in [-0.05, 0) is 43.6 Å². The Morgan fingerprint density at radius 1 is 1.27 bits per heavy atom. The smallest absolute Gasteiger partial charge is 0.274 e. The van der Waals surface area contributed by atoms with E-state index in [0.717, 1.165) is 56.7 Å². The second kappa shape index (κ2) is 8.04. The fourth-order valence-corrected chi connectivity index (χ4v) is 4.28. The minimum absolute atomic E-state index is 0.110. The Morgan fingerprint density at radius 3 is 3.04 bits per heavy atom. The highest BCUT2D eigenvalue weighted by Crippen LogP contribution is 2.25. The van der Waals surface area contributed by atoms with Gasteiger partial charge in [0.25, 0.3) is 5.91 Å². The van der Waals surface area contributed by atoms with E-state index in [1.54, 1.807) is 0 Å². The minimum atomic E-state index is 0.110. The summed E-state index contributed by atoms with van der Waals surface area (Å²) < 4.78 is 0. The van der Waals surface area contributed by atoms with E-state index in [2.05, 4.69) is 45.8 Å². The van der Waals surface area contributed by atoms with Crippen molar-refractivity contribution in [3.05, 3.63) is 52.8 Å². The van der Waals surface area contributed by atoms with Crippen LogP contribution in [0.25, 0.3) is 0 Å². The van der Waals surface area contributed by atoms with E-state index in [-0.39, 0.29) is 5.91 Å². The first-order valence-electron chi connectivity index (χ1n) is 9.91. The largest absolute Gasteiger partial charge is 0.337 e. The third-order valence-corrected chi connectivity index (χ3v) is 5.74. The number of H-pyrrole nitrogens is 1. The van der Waals surface area contributed by atoms with Crippen molar-refractivity contribution in [2.45, 2.75) is 45.1 Å². The Hall–Kier alpha value is -2.14. The molecule has 5 nitrogen and oxygen atoms in total. The molecule has 1 amide bonds. The van der Waals surface area contributed by atoms with Gasteiger partial charge in [-0.25, -0.2) is 0 Å². The number of carbonyl (C=O) groups excluding carboxylic acids is 1. The third kappa shape index (κ3) is 3.83. The number of amides is 1. The van der Waals surface area contributed by atoms with Gasteiger partial charge in [-0.3, -0.25) is 9.89 Å². The monoisotopic (exact) mass is 352 g/mol. The van der Waals surface area contributed by atoms with Gasteiger partial charge in [0, 0.05) is 43.9 Å². The molecule has 138 valence electrons. The van der Waals surface area contributed by atoms with Crippen molar-refractivity contribution in [2.24, 2.45) is 5.92 Å². The lowest BCUT2D eigenvalue weighted by molar-refractivity contribution is 0.0659. The highest BCUT2D eigenvalue weighted by atomic mass is 16.2. The van der Waals surface area contributed by atoms with Crippen LogP contribution in [0, 0.1) is 5.92 Å². The van der Waals surface area contributed by atoms with E-state index in [9.17, 15) is 4.79 Å². The average Bonchev–Trinajstić information content (AvgIpc) is 3.13. The molecule has 0 spiro atoms. The van der Waals surface area contributed by atoms with Crippen LogP contribution < -0.4 is 5.32 Å². The standard InChI is InChI=1S/C21H28N4O/c26-21(20-18-14-22-12-11-19(18)23-24-20)25-13-5-10-17(15-25)9-4-8-16-6-2-1-3-7-16/h1-3,6-7,17,22H,4-5,8-15H2,(H,23,24). The Balaban J connectivity index is 1.33. The zero-order valence-corrected chi connectivity index (χ0v) is 15.3. The van der Waals surface area contributed by atoms with Crippen LogP contribution >= 0.6 is 0 Å². The molecule has 2 aliphatic rings. The number of nitrogens with one attached hydrogen (secondary N) is 2. The van der Waals surface area contributed by atoms with Crippen molar-refractivity contribution in [3.63, 3.8) is 0 Å². The summed E-state index contributed by atoms with van der Waals surface area (Å²) in [5, 5.41) is 10.8. The Labute approximate surface area is 155 Å². The van der Waals surface area contributed by atoms with Gasteiger partial charge in [-0.1, -0.05) is 30.3 Å². The van der Waals surface area contributed by atoms with Crippen molar-refractivity contribution < 1.29 is 4.79 Å². The van der Waals surface area contributed by atoms with E-state index < -0.39 is 0 Å². The average molecular weight is 352 g/mol. The molecule has 2 aromatic rings. The lowest BCUT2D eigenvalue weighted by Gasteiger charge is -2.32. The van der Waals surface area contributed by atoms with Crippen LogP contribution in [0.2, 0.25) is 0 Å². The van der Waals surface area contributed by atoms with Crippen molar-refractivity contribution in [1.29, 1.82) is 0 Å². The summed E-state index contributed by atoms with van der Waals surface area (Å²) in [4.78, 5) is 15.0. The molecule has 2 N–H and O–H groups in total. The van der Waals surface area contributed by atoms with E-state index in [4.69, 9.17) is 0 Å². The molecule has 1 unspecified atom stereocenters. The maximum atomic E-state index is 13.0. The second-order valence-electron chi connectivity index (χ2n) is 7.59. The van der Waals surface area contributed by atoms with Gasteiger partial charge in [0.1, 0.15) is 0 Å². The molecule has 1 aromatic heterocycles. The van der Waals surface area contributed by atoms with Crippen LogP contribution in [-0.2, 0) is 19.4 Å². The molecule has 0 aliphatic carbocycles. The van der Waals surface area contributed by atoms with E-state index in [0.29, 0.717) is 11.6 Å². The summed E-state index contributed by atoms with van der Waals surface area (Å²) in [6.45, 7) is 3.45.